The van der Waals surface area contributed by atoms with Gasteiger partial charge in [0, 0.05) is 18.7 Å². The van der Waals surface area contributed by atoms with E-state index in [1.807, 2.05) is 6.07 Å². The maximum atomic E-state index is 5.63. The summed E-state index contributed by atoms with van der Waals surface area (Å²) in [6.07, 6.45) is 4.55. The van der Waals surface area contributed by atoms with E-state index in [1.54, 1.807) is 12.4 Å². The Labute approximate surface area is 91.6 Å². The van der Waals surface area contributed by atoms with Crippen molar-refractivity contribution in [2.75, 3.05) is 19.8 Å². The van der Waals surface area contributed by atoms with E-state index in [4.69, 9.17) is 9.47 Å². The molecule has 1 saturated heterocycles. The molecule has 1 aromatic heterocycles. The van der Waals surface area contributed by atoms with Crippen LogP contribution in [0.1, 0.15) is 6.42 Å². The van der Waals surface area contributed by atoms with E-state index >= 15 is 0 Å². The highest BCUT2D eigenvalue weighted by atomic mass is 79.9. The zero-order valence-electron chi connectivity index (χ0n) is 7.78. The first-order valence-electron chi connectivity index (χ1n) is 4.66. The van der Waals surface area contributed by atoms with Crippen LogP contribution in [-0.2, 0) is 4.74 Å². The van der Waals surface area contributed by atoms with Gasteiger partial charge in [0.2, 0.25) is 0 Å². The van der Waals surface area contributed by atoms with Gasteiger partial charge >= 0.3 is 0 Å². The predicted molar refractivity (Wildman–Crippen MR) is 56.4 cm³/mol. The largest absolute Gasteiger partial charge is 0.490 e. The van der Waals surface area contributed by atoms with E-state index in [-0.39, 0.29) is 0 Å². The summed E-state index contributed by atoms with van der Waals surface area (Å²) in [7, 11) is 0. The molecule has 14 heavy (non-hydrogen) atoms. The van der Waals surface area contributed by atoms with Crippen molar-refractivity contribution in [1.29, 1.82) is 0 Å². The Morgan fingerprint density at radius 3 is 3.29 bits per heavy atom. The normalized spacial score (nSPS) is 21.1. The molecule has 0 saturated carbocycles. The molecule has 1 atom stereocenters. The number of nitrogens with zero attached hydrogens (tertiary/aromatic N) is 1. The van der Waals surface area contributed by atoms with Crippen molar-refractivity contribution in [2.24, 2.45) is 5.92 Å². The van der Waals surface area contributed by atoms with Crippen molar-refractivity contribution < 1.29 is 9.47 Å². The predicted octanol–water partition coefficient (Wildman–Crippen LogP) is 2.26. The first-order chi connectivity index (χ1) is 6.86. The maximum absolute atomic E-state index is 5.63. The number of aromatic nitrogens is 1. The van der Waals surface area contributed by atoms with Gasteiger partial charge < -0.3 is 9.47 Å². The number of hydrogen-bond acceptors (Lipinski definition) is 3. The molecule has 0 bridgehead atoms. The molecule has 2 rings (SSSR count). The first kappa shape index (κ1) is 9.93. The lowest BCUT2D eigenvalue weighted by molar-refractivity contribution is 0.166. The van der Waals surface area contributed by atoms with Crippen LogP contribution in [-0.4, -0.2) is 24.8 Å². The van der Waals surface area contributed by atoms with Gasteiger partial charge in [0.05, 0.1) is 23.9 Å². The average Bonchev–Trinajstić information content (AvgIpc) is 2.69. The molecular formula is C10H12BrNO2. The summed E-state index contributed by atoms with van der Waals surface area (Å²) < 4.78 is 11.9. The zero-order valence-corrected chi connectivity index (χ0v) is 9.37. The van der Waals surface area contributed by atoms with Gasteiger partial charge in [-0.15, -0.1) is 0 Å². The standard InChI is InChI=1S/C10H12BrNO2/c11-9-1-3-12-5-10(9)14-7-8-2-4-13-6-8/h1,3,5,8H,2,4,6-7H2. The summed E-state index contributed by atoms with van der Waals surface area (Å²) in [5, 5.41) is 0. The Kier molecular flexibility index (Phi) is 3.37. The Morgan fingerprint density at radius 1 is 1.64 bits per heavy atom. The highest BCUT2D eigenvalue weighted by Gasteiger charge is 2.16. The molecule has 1 aliphatic rings. The lowest BCUT2D eigenvalue weighted by Crippen LogP contribution is -2.11. The summed E-state index contributed by atoms with van der Waals surface area (Å²) in [5.74, 6) is 1.33. The van der Waals surface area contributed by atoms with Gasteiger partial charge in [0.25, 0.3) is 0 Å². The highest BCUT2D eigenvalue weighted by Crippen LogP contribution is 2.24. The van der Waals surface area contributed by atoms with E-state index in [2.05, 4.69) is 20.9 Å². The van der Waals surface area contributed by atoms with Crippen molar-refractivity contribution in [2.45, 2.75) is 6.42 Å². The second-order valence-electron chi connectivity index (χ2n) is 3.35. The average molecular weight is 258 g/mol. The van der Waals surface area contributed by atoms with E-state index in [9.17, 15) is 0 Å². The molecule has 0 spiro atoms. The van der Waals surface area contributed by atoms with Crippen molar-refractivity contribution in [3.8, 4) is 5.75 Å². The molecule has 4 heteroatoms. The molecule has 3 nitrogen and oxygen atoms in total. The maximum Gasteiger partial charge on any atom is 0.151 e. The van der Waals surface area contributed by atoms with Crippen LogP contribution in [0.4, 0.5) is 0 Å². The zero-order chi connectivity index (χ0) is 9.80. The molecular weight excluding hydrogens is 246 g/mol. The highest BCUT2D eigenvalue weighted by molar-refractivity contribution is 9.10. The molecule has 0 aromatic carbocycles. The van der Waals surface area contributed by atoms with Gasteiger partial charge in [-0.25, -0.2) is 0 Å². The Bertz CT molecular complexity index is 300. The molecule has 1 unspecified atom stereocenters. The van der Waals surface area contributed by atoms with Crippen LogP contribution >= 0.6 is 15.9 Å². The topological polar surface area (TPSA) is 31.4 Å². The number of halogens is 1. The third-order valence-electron chi connectivity index (χ3n) is 2.23. The number of hydrogen-bond donors (Lipinski definition) is 0. The van der Waals surface area contributed by atoms with Crippen molar-refractivity contribution >= 4 is 15.9 Å². The fourth-order valence-electron chi connectivity index (χ4n) is 1.39. The van der Waals surface area contributed by atoms with E-state index in [0.29, 0.717) is 12.5 Å². The second-order valence-corrected chi connectivity index (χ2v) is 4.20. The van der Waals surface area contributed by atoms with Crippen LogP contribution in [0, 0.1) is 5.92 Å². The Balaban J connectivity index is 1.88. The van der Waals surface area contributed by atoms with Crippen LogP contribution in [0.2, 0.25) is 0 Å². The second kappa shape index (κ2) is 4.75. The van der Waals surface area contributed by atoms with E-state index in [0.717, 1.165) is 29.9 Å². The van der Waals surface area contributed by atoms with E-state index < -0.39 is 0 Å². The quantitative estimate of drug-likeness (QED) is 0.833. The Morgan fingerprint density at radius 2 is 2.57 bits per heavy atom. The lowest BCUT2D eigenvalue weighted by atomic mass is 10.1. The summed E-state index contributed by atoms with van der Waals surface area (Å²) in [6, 6.07) is 1.88. The van der Waals surface area contributed by atoms with Crippen LogP contribution in [0.3, 0.4) is 0 Å². The van der Waals surface area contributed by atoms with Crippen LogP contribution in [0.5, 0.6) is 5.75 Å². The molecule has 0 radical (unpaired) electrons. The number of rotatable bonds is 3. The monoisotopic (exact) mass is 257 g/mol. The fourth-order valence-corrected chi connectivity index (χ4v) is 1.73. The minimum atomic E-state index is 0.530. The fraction of sp³-hybridized carbons (Fsp3) is 0.500. The minimum absolute atomic E-state index is 0.530. The van der Waals surface area contributed by atoms with Crippen LogP contribution in [0.15, 0.2) is 22.9 Å². The summed E-state index contributed by atoms with van der Waals surface area (Å²) in [5.41, 5.74) is 0. The SMILES string of the molecule is Brc1ccncc1OCC1CCOC1. The van der Waals surface area contributed by atoms with Gasteiger partial charge in [-0.2, -0.15) is 0 Å². The number of pyridine rings is 1. The van der Waals surface area contributed by atoms with E-state index in [1.165, 1.54) is 0 Å². The molecule has 0 aliphatic carbocycles. The molecule has 1 aliphatic heterocycles. The van der Waals surface area contributed by atoms with Crippen LogP contribution < -0.4 is 4.74 Å². The lowest BCUT2D eigenvalue weighted by Gasteiger charge is -2.10. The molecule has 2 heterocycles. The molecule has 1 fully saturated rings. The van der Waals surface area contributed by atoms with Gasteiger partial charge in [0.1, 0.15) is 0 Å². The first-order valence-corrected chi connectivity index (χ1v) is 5.45. The Hall–Kier alpha value is -0.610. The number of ether oxygens (including phenoxy) is 2. The summed E-state index contributed by atoms with van der Waals surface area (Å²) in [4.78, 5) is 4.00. The smallest absolute Gasteiger partial charge is 0.151 e. The third kappa shape index (κ3) is 2.45. The van der Waals surface area contributed by atoms with Crippen molar-refractivity contribution in [1.82, 2.24) is 4.98 Å². The minimum Gasteiger partial charge on any atom is -0.490 e. The van der Waals surface area contributed by atoms with Gasteiger partial charge in [-0.1, -0.05) is 0 Å². The third-order valence-corrected chi connectivity index (χ3v) is 2.89. The molecule has 0 amide bonds. The van der Waals surface area contributed by atoms with Crippen LogP contribution in [0.25, 0.3) is 0 Å². The molecule has 1 aromatic rings. The van der Waals surface area contributed by atoms with Crippen molar-refractivity contribution in [3.05, 3.63) is 22.9 Å². The van der Waals surface area contributed by atoms with Crippen molar-refractivity contribution in [3.63, 3.8) is 0 Å². The molecule has 0 N–H and O–H groups in total. The van der Waals surface area contributed by atoms with Gasteiger partial charge in [-0.05, 0) is 28.4 Å². The van der Waals surface area contributed by atoms with Gasteiger partial charge in [0.15, 0.2) is 5.75 Å². The molecule has 76 valence electrons. The summed E-state index contributed by atoms with van der Waals surface area (Å²) in [6.45, 7) is 2.39. The van der Waals surface area contributed by atoms with Gasteiger partial charge in [-0.3, -0.25) is 4.98 Å². The summed E-state index contributed by atoms with van der Waals surface area (Å²) >= 11 is 3.41.